The van der Waals surface area contributed by atoms with E-state index in [2.05, 4.69) is 10.6 Å². The Kier molecular flexibility index (Phi) is 14.3. The van der Waals surface area contributed by atoms with Crippen molar-refractivity contribution < 1.29 is 62.6 Å². The van der Waals surface area contributed by atoms with Crippen LogP contribution in [-0.4, -0.2) is 124 Å². The smallest absolute Gasteiger partial charge is 0.344 e. The number of aliphatic hydroxyl groups is 3. The van der Waals surface area contributed by atoms with Gasteiger partial charge >= 0.3 is 13.4 Å². The number of allylic oxidation sites excluding steroid dienone is 4. The van der Waals surface area contributed by atoms with E-state index < -0.39 is 90.4 Å². The molecule has 17 nitrogen and oxygen atoms in total. The minimum absolute atomic E-state index is 0.00984. The van der Waals surface area contributed by atoms with Crippen LogP contribution in [0.3, 0.4) is 0 Å². The Morgan fingerprint density at radius 3 is 2.14 bits per heavy atom. The molecule has 0 unspecified atom stereocenters. The summed E-state index contributed by atoms with van der Waals surface area (Å²) in [5.41, 5.74) is -0.847. The molecule has 1 aromatic rings. The van der Waals surface area contributed by atoms with Gasteiger partial charge in [-0.3, -0.25) is 28.8 Å². The fourth-order valence-electron chi connectivity index (χ4n) is 9.08. The van der Waals surface area contributed by atoms with Crippen molar-refractivity contribution in [3.05, 3.63) is 69.8 Å². The van der Waals surface area contributed by atoms with Crippen molar-refractivity contribution in [2.75, 3.05) is 39.7 Å². The van der Waals surface area contributed by atoms with Gasteiger partial charge in [0, 0.05) is 80.3 Å². The molecular formula is C45H63N4O13P. The van der Waals surface area contributed by atoms with Crippen molar-refractivity contribution in [2.45, 2.75) is 111 Å². The van der Waals surface area contributed by atoms with Crippen molar-refractivity contribution in [3.8, 4) is 11.5 Å². The zero-order valence-electron chi connectivity index (χ0n) is 37.8. The number of hydrogen-bond acceptors (Lipinski definition) is 16. The number of piperidine rings is 1. The zero-order chi connectivity index (χ0) is 46.3. The molecule has 63 heavy (non-hydrogen) atoms. The summed E-state index contributed by atoms with van der Waals surface area (Å²) < 4.78 is 42.5. The summed E-state index contributed by atoms with van der Waals surface area (Å²) in [5.74, 6) is -6.97. The third kappa shape index (κ3) is 9.08. The Morgan fingerprint density at radius 1 is 0.905 bits per heavy atom. The first-order valence-corrected chi connectivity index (χ1v) is 23.4. The van der Waals surface area contributed by atoms with Crippen molar-refractivity contribution >= 4 is 30.8 Å². The topological polar surface area (TPSA) is 235 Å². The fourth-order valence-corrected chi connectivity index (χ4v) is 10.9. The maximum Gasteiger partial charge on any atom is 0.344 e. The quantitative estimate of drug-likeness (QED) is 0.205. The van der Waals surface area contributed by atoms with Crippen molar-refractivity contribution in [1.29, 1.82) is 0 Å². The minimum Gasteiger partial charge on any atom is -0.507 e. The fraction of sp³-hybridized carbons (Fsp3) is 0.600. The van der Waals surface area contributed by atoms with Gasteiger partial charge < -0.3 is 54.3 Å². The van der Waals surface area contributed by atoms with Crippen LogP contribution in [0.5, 0.6) is 11.5 Å². The van der Waals surface area contributed by atoms with E-state index >= 15 is 0 Å². The minimum atomic E-state index is -3.41. The molecule has 5 bridgehead atoms. The number of methoxy groups -OCH3 is 1. The van der Waals surface area contributed by atoms with Gasteiger partial charge in [0.1, 0.15) is 29.1 Å². The summed E-state index contributed by atoms with van der Waals surface area (Å²) in [5, 5.41) is 52.0. The Balaban J connectivity index is 1.46. The van der Waals surface area contributed by atoms with Gasteiger partial charge in [-0.1, -0.05) is 45.9 Å². The number of rotatable bonds is 7. The molecule has 6 aliphatic rings. The number of Topliss-reactive ketones (excluding diaryl/α,β-unsaturated/α-hetero) is 2. The van der Waals surface area contributed by atoms with E-state index in [1.54, 1.807) is 60.6 Å². The molecule has 6 N–H and O–H groups in total. The summed E-state index contributed by atoms with van der Waals surface area (Å²) in [7, 11) is -1.96. The molecule has 0 saturated carbocycles. The van der Waals surface area contributed by atoms with E-state index in [0.717, 1.165) is 0 Å². The van der Waals surface area contributed by atoms with Gasteiger partial charge in [0.15, 0.2) is 0 Å². The first kappa shape index (κ1) is 48.3. The zero-order valence-corrected chi connectivity index (χ0v) is 38.7. The molecule has 346 valence electrons. The first-order chi connectivity index (χ1) is 29.7. The number of phenolic OH excluding ortho intramolecular Hbond substituents is 1. The Hall–Kier alpha value is -4.19. The molecule has 1 saturated heterocycles. The predicted octanol–water partition coefficient (Wildman–Crippen LogP) is 4.61. The number of ketones is 2. The van der Waals surface area contributed by atoms with Crippen molar-refractivity contribution in [1.82, 2.24) is 15.5 Å². The number of phenols is 1. The van der Waals surface area contributed by atoms with Gasteiger partial charge in [0.2, 0.25) is 5.78 Å². The number of carbonyl (C=O) groups excluding carboxylic acids is 3. The van der Waals surface area contributed by atoms with Crippen LogP contribution in [0, 0.1) is 30.6 Å². The molecule has 5 heterocycles. The monoisotopic (exact) mass is 898 g/mol. The lowest BCUT2D eigenvalue weighted by Crippen LogP contribution is -2.50. The molecule has 5 aliphatic heterocycles. The summed E-state index contributed by atoms with van der Waals surface area (Å²) in [6, 6.07) is 0. The second kappa shape index (κ2) is 18.7. The van der Waals surface area contributed by atoms with Crippen molar-refractivity contribution in [3.63, 3.8) is 0 Å². The molecule has 1 aliphatic carbocycles. The molecule has 1 amide bonds. The van der Waals surface area contributed by atoms with Crippen LogP contribution in [0.4, 0.5) is 0 Å². The molecule has 1 fully saturated rings. The maximum absolute atomic E-state index is 14.8. The van der Waals surface area contributed by atoms with Crippen molar-refractivity contribution in [2.24, 2.45) is 28.7 Å². The van der Waals surface area contributed by atoms with Crippen LogP contribution in [0.2, 0.25) is 0 Å². The summed E-state index contributed by atoms with van der Waals surface area (Å²) in [6.45, 7) is 16.1. The maximum atomic E-state index is 14.8. The number of nitrogens with one attached hydrogen (secondary N) is 2. The van der Waals surface area contributed by atoms with Crippen LogP contribution in [0.1, 0.15) is 100 Å². The summed E-state index contributed by atoms with van der Waals surface area (Å²) in [6.07, 6.45) is 4.35. The van der Waals surface area contributed by atoms with E-state index in [4.69, 9.17) is 28.3 Å². The number of fused-ring (bicyclic) bond motifs is 13. The number of ether oxygens (including phenoxy) is 3. The number of aliphatic hydroxyl groups excluding tert-OH is 3. The number of benzene rings is 1. The summed E-state index contributed by atoms with van der Waals surface area (Å²) >= 11 is 0. The van der Waals surface area contributed by atoms with Crippen LogP contribution in [0.25, 0.3) is 0 Å². The predicted molar refractivity (Wildman–Crippen MR) is 233 cm³/mol. The van der Waals surface area contributed by atoms with E-state index in [0.29, 0.717) is 25.9 Å². The standard InChI is InChI=1S/C45H63N4O13P/c1-11-60-63(57,61-12-2)22-49-19-17-45(18-20-49)47-33-30-31-39(53)28(8)41-32(30)42(55)44(9,62-41)59-21-16-29(58-10)25(5)37(51)27(7)38(52)26(6)36(50)23(3)14-13-15-24(4)43(56)46-35(40(31)54)34(33)48-45/h13-16,21,23,25-27,29,36-38,48,50-53H,11-12,17-20,22H2,1-10H3,(H,46,56)/b14-13+,21-16+,24-15-/t23-,25+,26+,27-,29-,36-,37+,38+,44-/m0/s1. The molecule has 0 aromatic heterocycles. The van der Waals surface area contributed by atoms with Gasteiger partial charge in [0.25, 0.3) is 11.7 Å². The lowest BCUT2D eigenvalue weighted by molar-refractivity contribution is -0.116. The number of aliphatic imine (C=N–C) groups is 1. The molecule has 18 heteroatoms. The molecule has 1 aromatic carbocycles. The van der Waals surface area contributed by atoms with Gasteiger partial charge in [-0.05, 0) is 33.8 Å². The SMILES string of the molecule is CCOP(=O)(CN1CCC2(CC1)N=C1C(=C3NC(=O)/C(C)=C\C=C\[C@H](C)[C@H](O)[C@@H](C)[C@@H](O)[C@@H](C)[C@H](O)[C@H](C)[C@@H](OC)/C=C/O[C@@]4(C)Oc5c(C)c(O)c(c1c5C4=O)C3=O)N2)OCC. The van der Waals surface area contributed by atoms with E-state index in [1.807, 2.05) is 4.90 Å². The number of nitrogens with zero attached hydrogens (tertiary/aromatic N) is 2. The van der Waals surface area contributed by atoms with Gasteiger partial charge in [-0.2, -0.15) is 0 Å². The molecule has 1 spiro atoms. The Bertz CT molecular complexity index is 2180. The average Bonchev–Trinajstić information content (AvgIpc) is 3.75. The lowest BCUT2D eigenvalue weighted by atomic mass is 9.78. The van der Waals surface area contributed by atoms with Gasteiger partial charge in [0.05, 0.1) is 66.4 Å². The lowest BCUT2D eigenvalue weighted by Gasteiger charge is -2.38. The van der Waals surface area contributed by atoms with Gasteiger partial charge in [-0.15, -0.1) is 0 Å². The second-order valence-corrected chi connectivity index (χ2v) is 19.5. The number of hydrogen-bond donors (Lipinski definition) is 6. The highest BCUT2D eigenvalue weighted by Gasteiger charge is 2.54. The van der Waals surface area contributed by atoms with Crippen LogP contribution in [-0.2, 0) is 27.9 Å². The van der Waals surface area contributed by atoms with Crippen LogP contribution < -0.4 is 15.4 Å². The average molecular weight is 899 g/mol. The third-order valence-electron chi connectivity index (χ3n) is 13.1. The first-order valence-electron chi connectivity index (χ1n) is 21.7. The normalized spacial score (nSPS) is 33.4. The Labute approximate surface area is 368 Å². The van der Waals surface area contributed by atoms with E-state index in [1.165, 1.54) is 39.4 Å². The highest BCUT2D eigenvalue weighted by molar-refractivity contribution is 7.53. The molecular weight excluding hydrogens is 835 g/mol. The van der Waals surface area contributed by atoms with Gasteiger partial charge in [-0.25, -0.2) is 0 Å². The number of aromatic hydroxyl groups is 1. The molecule has 0 radical (unpaired) electrons. The summed E-state index contributed by atoms with van der Waals surface area (Å²) in [4.78, 5) is 50.5. The highest BCUT2D eigenvalue weighted by atomic mass is 31.2. The third-order valence-corrected chi connectivity index (χ3v) is 15.2. The molecule has 9 atom stereocenters. The molecule has 7 rings (SSSR count). The number of carbonyl (C=O) groups is 3. The number of amides is 1. The van der Waals surface area contributed by atoms with Crippen LogP contribution >= 0.6 is 7.60 Å². The van der Waals surface area contributed by atoms with Crippen LogP contribution in [0.15, 0.2) is 52.5 Å². The largest absolute Gasteiger partial charge is 0.507 e. The number of likely N-dealkylation sites (tertiary alicyclic amines) is 1. The second-order valence-electron chi connectivity index (χ2n) is 17.5. The van der Waals surface area contributed by atoms with E-state index in [-0.39, 0.29) is 70.2 Å². The van der Waals surface area contributed by atoms with E-state index in [9.17, 15) is 39.4 Å². The Morgan fingerprint density at radius 2 is 1.52 bits per heavy atom. The highest BCUT2D eigenvalue weighted by Crippen LogP contribution is 2.52.